The smallest absolute Gasteiger partial charge is 0.407 e. The van der Waals surface area contributed by atoms with Gasteiger partial charge in [0, 0.05) is 29.7 Å². The summed E-state index contributed by atoms with van der Waals surface area (Å²) in [5, 5.41) is 10.6. The molecule has 2 heterocycles. The number of amides is 2. The van der Waals surface area contributed by atoms with Crippen molar-refractivity contribution < 1.29 is 18.7 Å². The number of aromatic nitrogens is 3. The van der Waals surface area contributed by atoms with Gasteiger partial charge in [-0.2, -0.15) is 0 Å². The molecule has 2 aromatic rings. The van der Waals surface area contributed by atoms with Gasteiger partial charge in [0.15, 0.2) is 0 Å². The number of nitrogens with one attached hydrogen (secondary N) is 1. The topological polar surface area (TPSA) is 89.3 Å². The van der Waals surface area contributed by atoms with Gasteiger partial charge in [0.25, 0.3) is 5.91 Å². The summed E-state index contributed by atoms with van der Waals surface area (Å²) < 4.78 is 21.5. The fraction of sp³-hybridized carbons (Fsp3) is 0.500. The second-order valence-corrected chi connectivity index (χ2v) is 8.96. The Morgan fingerprint density at radius 1 is 1.30 bits per heavy atom. The Balaban J connectivity index is 1.71. The maximum atomic E-state index is 14.4. The lowest BCUT2D eigenvalue weighted by Crippen LogP contribution is -2.32. The lowest BCUT2D eigenvalue weighted by Gasteiger charge is -2.19. The van der Waals surface area contributed by atoms with Crippen molar-refractivity contribution in [1.82, 2.24) is 25.2 Å². The molecule has 1 saturated heterocycles. The van der Waals surface area contributed by atoms with Crippen molar-refractivity contribution >= 4 is 39.0 Å². The number of hydrogen-bond donors (Lipinski definition) is 1. The SMILES string of the molecule is CC(C)(C)OC(=O)NC/C=C(\F)Cn1nnc2c(Br)cc(C(=O)N3CCCC3)cc21. The Morgan fingerprint density at radius 2 is 2.00 bits per heavy atom. The Bertz CT molecular complexity index is 977. The molecule has 1 fully saturated rings. The maximum absolute atomic E-state index is 14.4. The number of halogens is 2. The van der Waals surface area contributed by atoms with Gasteiger partial charge < -0.3 is 15.0 Å². The largest absolute Gasteiger partial charge is 0.444 e. The number of carbonyl (C=O) groups excluding carboxylic acids is 2. The van der Waals surface area contributed by atoms with Gasteiger partial charge in [-0.1, -0.05) is 5.21 Å². The van der Waals surface area contributed by atoms with E-state index in [0.29, 0.717) is 21.1 Å². The van der Waals surface area contributed by atoms with E-state index in [1.807, 2.05) is 4.90 Å². The molecule has 1 aromatic carbocycles. The number of nitrogens with zero attached hydrogens (tertiary/aromatic N) is 4. The molecule has 0 saturated carbocycles. The van der Waals surface area contributed by atoms with E-state index in [4.69, 9.17) is 4.74 Å². The minimum atomic E-state index is -0.621. The number of hydrogen-bond acceptors (Lipinski definition) is 5. The van der Waals surface area contributed by atoms with Crippen LogP contribution in [0.2, 0.25) is 0 Å². The summed E-state index contributed by atoms with van der Waals surface area (Å²) in [7, 11) is 0. The molecule has 0 unspecified atom stereocenters. The highest BCUT2D eigenvalue weighted by molar-refractivity contribution is 9.10. The number of carbonyl (C=O) groups is 2. The second kappa shape index (κ2) is 9.11. The number of likely N-dealkylation sites (tertiary alicyclic amines) is 1. The average molecular weight is 482 g/mol. The normalized spacial score (nSPS) is 15.0. The van der Waals surface area contributed by atoms with Gasteiger partial charge in [0.05, 0.1) is 12.1 Å². The van der Waals surface area contributed by atoms with Crippen molar-refractivity contribution in [2.45, 2.75) is 45.8 Å². The molecule has 2 amide bonds. The van der Waals surface area contributed by atoms with Crippen LogP contribution < -0.4 is 5.32 Å². The maximum Gasteiger partial charge on any atom is 0.407 e. The van der Waals surface area contributed by atoms with Gasteiger partial charge in [-0.05, 0) is 67.8 Å². The highest BCUT2D eigenvalue weighted by Crippen LogP contribution is 2.26. The summed E-state index contributed by atoms with van der Waals surface area (Å²) in [6.07, 6.45) is 2.63. The summed E-state index contributed by atoms with van der Waals surface area (Å²) in [6, 6.07) is 3.41. The Labute approximate surface area is 182 Å². The number of benzene rings is 1. The van der Waals surface area contributed by atoms with Crippen LogP contribution in [-0.2, 0) is 11.3 Å². The van der Waals surface area contributed by atoms with Crippen molar-refractivity contribution in [3.63, 3.8) is 0 Å². The quantitative estimate of drug-likeness (QED) is 0.701. The van der Waals surface area contributed by atoms with E-state index in [2.05, 4.69) is 31.6 Å². The van der Waals surface area contributed by atoms with Crippen LogP contribution in [0.1, 0.15) is 44.0 Å². The number of fused-ring (bicyclic) bond motifs is 1. The van der Waals surface area contributed by atoms with Crippen LogP contribution in [0.15, 0.2) is 28.5 Å². The standard InChI is InChI=1S/C20H25BrFN5O3/c1-20(2,3)30-19(29)23-7-6-14(22)12-27-16-11-13(10-15(21)17(16)24-25-27)18(28)26-8-4-5-9-26/h6,10-11H,4-5,7-9,12H2,1-3H3,(H,23,29)/b14-6-. The minimum absolute atomic E-state index is 0.0181. The van der Waals surface area contributed by atoms with Gasteiger partial charge in [-0.3, -0.25) is 4.79 Å². The zero-order valence-corrected chi connectivity index (χ0v) is 18.8. The predicted octanol–water partition coefficient (Wildman–Crippen LogP) is 3.81. The van der Waals surface area contributed by atoms with E-state index in [9.17, 15) is 14.0 Å². The van der Waals surface area contributed by atoms with Crippen LogP contribution in [0.25, 0.3) is 11.0 Å². The fourth-order valence-electron chi connectivity index (χ4n) is 3.14. The average Bonchev–Trinajstić information content (AvgIpc) is 3.30. The first-order valence-electron chi connectivity index (χ1n) is 9.77. The molecule has 0 spiro atoms. The van der Waals surface area contributed by atoms with Crippen LogP contribution in [-0.4, -0.2) is 57.1 Å². The van der Waals surface area contributed by atoms with E-state index in [1.54, 1.807) is 32.9 Å². The van der Waals surface area contributed by atoms with Crippen molar-refractivity contribution in [3.05, 3.63) is 34.1 Å². The Morgan fingerprint density at radius 3 is 2.67 bits per heavy atom. The molecular weight excluding hydrogens is 457 g/mol. The first-order valence-corrected chi connectivity index (χ1v) is 10.6. The minimum Gasteiger partial charge on any atom is -0.444 e. The summed E-state index contributed by atoms with van der Waals surface area (Å²) in [6.45, 7) is 6.55. The molecule has 1 aliphatic rings. The number of ether oxygens (including phenoxy) is 1. The molecule has 0 atom stereocenters. The first kappa shape index (κ1) is 22.2. The fourth-order valence-corrected chi connectivity index (χ4v) is 3.67. The molecule has 0 radical (unpaired) electrons. The monoisotopic (exact) mass is 481 g/mol. The van der Waals surface area contributed by atoms with Gasteiger partial charge >= 0.3 is 6.09 Å². The van der Waals surface area contributed by atoms with Crippen molar-refractivity contribution in [2.24, 2.45) is 0 Å². The van der Waals surface area contributed by atoms with Crippen LogP contribution in [0.5, 0.6) is 0 Å². The zero-order valence-electron chi connectivity index (χ0n) is 17.2. The lowest BCUT2D eigenvalue weighted by molar-refractivity contribution is 0.0533. The van der Waals surface area contributed by atoms with Gasteiger partial charge in [0.1, 0.15) is 16.9 Å². The molecule has 1 aliphatic heterocycles. The predicted molar refractivity (Wildman–Crippen MR) is 114 cm³/mol. The van der Waals surface area contributed by atoms with Crippen molar-refractivity contribution in [1.29, 1.82) is 0 Å². The summed E-state index contributed by atoms with van der Waals surface area (Å²) in [4.78, 5) is 26.2. The molecule has 162 valence electrons. The van der Waals surface area contributed by atoms with Crippen LogP contribution >= 0.6 is 15.9 Å². The van der Waals surface area contributed by atoms with E-state index < -0.39 is 17.5 Å². The summed E-state index contributed by atoms with van der Waals surface area (Å²) in [5.41, 5.74) is 0.989. The van der Waals surface area contributed by atoms with Crippen molar-refractivity contribution in [2.75, 3.05) is 19.6 Å². The van der Waals surface area contributed by atoms with Gasteiger partial charge in [-0.25, -0.2) is 13.9 Å². The lowest BCUT2D eigenvalue weighted by atomic mass is 10.1. The van der Waals surface area contributed by atoms with Crippen molar-refractivity contribution in [3.8, 4) is 0 Å². The highest BCUT2D eigenvalue weighted by atomic mass is 79.9. The van der Waals surface area contributed by atoms with Crippen LogP contribution in [0.4, 0.5) is 9.18 Å². The number of alkyl carbamates (subject to hydrolysis) is 1. The zero-order chi connectivity index (χ0) is 21.9. The number of rotatable bonds is 5. The third kappa shape index (κ3) is 5.56. The first-order chi connectivity index (χ1) is 14.1. The van der Waals surface area contributed by atoms with E-state index in [0.717, 1.165) is 25.9 Å². The molecule has 8 nitrogen and oxygen atoms in total. The molecule has 3 rings (SSSR count). The van der Waals surface area contributed by atoms with E-state index in [1.165, 1.54) is 10.8 Å². The second-order valence-electron chi connectivity index (χ2n) is 8.11. The summed E-state index contributed by atoms with van der Waals surface area (Å²) in [5.74, 6) is -0.550. The highest BCUT2D eigenvalue weighted by Gasteiger charge is 2.22. The molecule has 30 heavy (non-hydrogen) atoms. The van der Waals surface area contributed by atoms with Crippen LogP contribution in [0, 0.1) is 0 Å². The van der Waals surface area contributed by atoms with Gasteiger partial charge in [0.2, 0.25) is 0 Å². The molecule has 10 heteroatoms. The molecular formula is C20H25BrFN5O3. The third-order valence-electron chi connectivity index (χ3n) is 4.48. The van der Waals surface area contributed by atoms with E-state index >= 15 is 0 Å². The van der Waals surface area contributed by atoms with Gasteiger partial charge in [-0.15, -0.1) is 5.10 Å². The van der Waals surface area contributed by atoms with E-state index in [-0.39, 0.29) is 19.0 Å². The molecule has 0 bridgehead atoms. The summed E-state index contributed by atoms with van der Waals surface area (Å²) >= 11 is 3.43. The number of allylic oxidation sites excluding steroid dienone is 1. The Hall–Kier alpha value is -2.49. The molecule has 0 aliphatic carbocycles. The third-order valence-corrected chi connectivity index (χ3v) is 5.09. The Kier molecular flexibility index (Phi) is 6.74. The van der Waals surface area contributed by atoms with Crippen LogP contribution in [0.3, 0.4) is 0 Å². The molecule has 1 aromatic heterocycles. The molecule has 1 N–H and O–H groups in total.